The Morgan fingerprint density at radius 3 is 3.09 bits per heavy atom. The number of aromatic amines is 1. The van der Waals surface area contributed by atoms with Crippen LogP contribution in [-0.4, -0.2) is 27.3 Å². The lowest BCUT2D eigenvalue weighted by Crippen LogP contribution is -2.31. The van der Waals surface area contributed by atoms with Crippen molar-refractivity contribution in [1.82, 2.24) is 14.9 Å². The zero-order valence-corrected chi connectivity index (χ0v) is 13.7. The number of para-hydroxylation sites is 2. The maximum absolute atomic E-state index is 12.6. The number of H-pyrrole nitrogens is 1. The number of imidazole rings is 1. The Morgan fingerprint density at radius 2 is 2.26 bits per heavy atom. The molecule has 3 heterocycles. The fourth-order valence-electron chi connectivity index (χ4n) is 3.31. The Morgan fingerprint density at radius 1 is 1.35 bits per heavy atom. The number of thiophene rings is 1. The average Bonchev–Trinajstić information content (AvgIpc) is 3.31. The van der Waals surface area contributed by atoms with Crippen LogP contribution in [0, 0.1) is 0 Å². The summed E-state index contributed by atoms with van der Waals surface area (Å²) >= 11 is 1.68. The Labute approximate surface area is 139 Å². The second-order valence-electron chi connectivity index (χ2n) is 6.02. The molecular weight excluding hydrogens is 306 g/mol. The van der Waals surface area contributed by atoms with Crippen LogP contribution in [0.3, 0.4) is 0 Å². The number of nitrogens with zero attached hydrogens (tertiary/aromatic N) is 2. The van der Waals surface area contributed by atoms with E-state index in [9.17, 15) is 4.79 Å². The predicted molar refractivity (Wildman–Crippen MR) is 92.4 cm³/mol. The van der Waals surface area contributed by atoms with Crippen molar-refractivity contribution in [3.8, 4) is 0 Å². The number of nitrogens with one attached hydrogen (secondary N) is 1. The zero-order valence-electron chi connectivity index (χ0n) is 12.9. The van der Waals surface area contributed by atoms with E-state index < -0.39 is 0 Å². The molecule has 118 valence electrons. The van der Waals surface area contributed by atoms with Crippen molar-refractivity contribution >= 4 is 28.3 Å². The Balaban J connectivity index is 1.50. The highest BCUT2D eigenvalue weighted by Gasteiger charge is 2.31. The minimum Gasteiger partial charge on any atom is -0.340 e. The Hall–Kier alpha value is -2.14. The van der Waals surface area contributed by atoms with Crippen LogP contribution >= 0.6 is 11.3 Å². The second-order valence-corrected chi connectivity index (χ2v) is 6.80. The third kappa shape index (κ3) is 2.88. The molecular formula is C18H19N3OS. The predicted octanol–water partition coefficient (Wildman–Crippen LogP) is 3.92. The van der Waals surface area contributed by atoms with Gasteiger partial charge in [-0.3, -0.25) is 4.79 Å². The molecule has 0 spiro atoms. The lowest BCUT2D eigenvalue weighted by molar-refractivity contribution is -0.132. The highest BCUT2D eigenvalue weighted by atomic mass is 32.1. The SMILES string of the molecule is O=C(CCc1ccsc1)N1CCC[C@H]1c1nc2ccccc2[nH]1. The highest BCUT2D eigenvalue weighted by molar-refractivity contribution is 7.07. The van der Waals surface area contributed by atoms with Crippen LogP contribution in [-0.2, 0) is 11.2 Å². The molecule has 1 saturated heterocycles. The summed E-state index contributed by atoms with van der Waals surface area (Å²) in [6.45, 7) is 0.837. The lowest BCUT2D eigenvalue weighted by Gasteiger charge is -2.23. The Bertz CT molecular complexity index is 776. The fourth-order valence-corrected chi connectivity index (χ4v) is 4.01. The van der Waals surface area contributed by atoms with Gasteiger partial charge in [0.1, 0.15) is 5.82 Å². The second kappa shape index (κ2) is 6.16. The van der Waals surface area contributed by atoms with Crippen LogP contribution in [0.1, 0.15) is 36.7 Å². The minimum absolute atomic E-state index is 0.0948. The summed E-state index contributed by atoms with van der Waals surface area (Å²) in [5.74, 6) is 1.16. The first-order valence-corrected chi connectivity index (χ1v) is 9.01. The maximum Gasteiger partial charge on any atom is 0.223 e. The first-order valence-electron chi connectivity index (χ1n) is 8.06. The number of carbonyl (C=O) groups excluding carboxylic acids is 1. The van der Waals surface area contributed by atoms with Gasteiger partial charge in [0.15, 0.2) is 0 Å². The van der Waals surface area contributed by atoms with Crippen molar-refractivity contribution in [2.45, 2.75) is 31.7 Å². The molecule has 1 aliphatic rings. The number of likely N-dealkylation sites (tertiary alicyclic amines) is 1. The van der Waals surface area contributed by atoms with Gasteiger partial charge < -0.3 is 9.88 Å². The van der Waals surface area contributed by atoms with Crippen LogP contribution < -0.4 is 0 Å². The van der Waals surface area contributed by atoms with E-state index >= 15 is 0 Å². The van der Waals surface area contributed by atoms with Gasteiger partial charge in [-0.05, 0) is 53.8 Å². The molecule has 1 fully saturated rings. The van der Waals surface area contributed by atoms with Crippen LogP contribution in [0.25, 0.3) is 11.0 Å². The van der Waals surface area contributed by atoms with Crippen molar-refractivity contribution in [1.29, 1.82) is 0 Å². The Kier molecular flexibility index (Phi) is 3.87. The summed E-state index contributed by atoms with van der Waals surface area (Å²) < 4.78 is 0. The van der Waals surface area contributed by atoms with E-state index in [1.165, 1.54) is 5.56 Å². The normalized spacial score (nSPS) is 17.9. The number of amides is 1. The fraction of sp³-hybridized carbons (Fsp3) is 0.333. The molecule has 1 aromatic carbocycles. The summed E-state index contributed by atoms with van der Waals surface area (Å²) in [5.41, 5.74) is 3.27. The van der Waals surface area contributed by atoms with Gasteiger partial charge in [-0.25, -0.2) is 4.98 Å². The van der Waals surface area contributed by atoms with Crippen LogP contribution in [0.4, 0.5) is 0 Å². The molecule has 0 unspecified atom stereocenters. The average molecular weight is 325 g/mol. The number of hydrogen-bond acceptors (Lipinski definition) is 3. The first-order chi connectivity index (χ1) is 11.3. The van der Waals surface area contributed by atoms with E-state index in [4.69, 9.17) is 0 Å². The maximum atomic E-state index is 12.6. The zero-order chi connectivity index (χ0) is 15.6. The molecule has 23 heavy (non-hydrogen) atoms. The van der Waals surface area contributed by atoms with Crippen LogP contribution in [0.15, 0.2) is 41.1 Å². The molecule has 1 amide bonds. The largest absolute Gasteiger partial charge is 0.340 e. The molecule has 4 nitrogen and oxygen atoms in total. The minimum atomic E-state index is 0.0948. The van der Waals surface area contributed by atoms with Gasteiger partial charge in [0, 0.05) is 13.0 Å². The summed E-state index contributed by atoms with van der Waals surface area (Å²) in [6, 6.07) is 10.2. The van der Waals surface area contributed by atoms with Crippen molar-refractivity contribution in [3.05, 3.63) is 52.5 Å². The number of benzene rings is 1. The molecule has 3 aromatic rings. The third-order valence-corrected chi connectivity index (χ3v) is 5.24. The standard InChI is InChI=1S/C18H19N3OS/c22-17(8-7-13-9-11-23-12-13)21-10-3-6-16(21)18-19-14-4-1-2-5-15(14)20-18/h1-2,4-5,9,11-12,16H,3,6-8,10H2,(H,19,20)/t16-/m0/s1. The molecule has 1 N–H and O–H groups in total. The van der Waals surface area contributed by atoms with Gasteiger partial charge >= 0.3 is 0 Å². The van der Waals surface area contributed by atoms with E-state index in [1.807, 2.05) is 29.2 Å². The van der Waals surface area contributed by atoms with Crippen molar-refractivity contribution in [3.63, 3.8) is 0 Å². The number of fused-ring (bicyclic) bond motifs is 1. The molecule has 1 aliphatic heterocycles. The molecule has 2 aromatic heterocycles. The third-order valence-electron chi connectivity index (χ3n) is 4.50. The summed E-state index contributed by atoms with van der Waals surface area (Å²) in [7, 11) is 0. The molecule has 0 saturated carbocycles. The molecule has 0 bridgehead atoms. The van der Waals surface area contributed by atoms with Crippen LogP contribution in [0.2, 0.25) is 0 Å². The first kappa shape index (κ1) is 14.5. The number of aromatic nitrogens is 2. The topological polar surface area (TPSA) is 49.0 Å². The monoisotopic (exact) mass is 325 g/mol. The number of carbonyl (C=O) groups is 1. The molecule has 5 heteroatoms. The molecule has 1 atom stereocenters. The van der Waals surface area contributed by atoms with E-state index in [2.05, 4.69) is 26.8 Å². The van der Waals surface area contributed by atoms with Crippen molar-refractivity contribution in [2.24, 2.45) is 0 Å². The number of aryl methyl sites for hydroxylation is 1. The smallest absolute Gasteiger partial charge is 0.223 e. The number of rotatable bonds is 4. The van der Waals surface area contributed by atoms with E-state index in [1.54, 1.807) is 11.3 Å². The summed E-state index contributed by atoms with van der Waals surface area (Å²) in [6.07, 6.45) is 3.44. The molecule has 0 aliphatic carbocycles. The summed E-state index contributed by atoms with van der Waals surface area (Å²) in [5, 5.41) is 4.18. The van der Waals surface area contributed by atoms with Gasteiger partial charge in [0.25, 0.3) is 0 Å². The van der Waals surface area contributed by atoms with Crippen molar-refractivity contribution in [2.75, 3.05) is 6.54 Å². The van der Waals surface area contributed by atoms with Crippen molar-refractivity contribution < 1.29 is 4.79 Å². The van der Waals surface area contributed by atoms with Gasteiger partial charge in [-0.15, -0.1) is 0 Å². The highest BCUT2D eigenvalue weighted by Crippen LogP contribution is 2.32. The quantitative estimate of drug-likeness (QED) is 0.790. The van der Waals surface area contributed by atoms with E-state index in [0.717, 1.165) is 42.7 Å². The van der Waals surface area contributed by atoms with E-state index in [-0.39, 0.29) is 11.9 Å². The molecule has 4 rings (SSSR count). The van der Waals surface area contributed by atoms with Gasteiger partial charge in [0.2, 0.25) is 5.91 Å². The lowest BCUT2D eigenvalue weighted by atomic mass is 10.1. The number of hydrogen-bond donors (Lipinski definition) is 1. The van der Waals surface area contributed by atoms with E-state index in [0.29, 0.717) is 6.42 Å². The van der Waals surface area contributed by atoms with Gasteiger partial charge in [-0.2, -0.15) is 11.3 Å². The van der Waals surface area contributed by atoms with Gasteiger partial charge in [0.05, 0.1) is 17.1 Å². The molecule has 0 radical (unpaired) electrons. The van der Waals surface area contributed by atoms with Gasteiger partial charge in [-0.1, -0.05) is 12.1 Å². The summed E-state index contributed by atoms with van der Waals surface area (Å²) in [4.78, 5) is 22.7. The van der Waals surface area contributed by atoms with Crippen LogP contribution in [0.5, 0.6) is 0 Å².